The van der Waals surface area contributed by atoms with E-state index in [1.807, 2.05) is 25.1 Å². The maximum absolute atomic E-state index is 13.3. The molecule has 0 heterocycles. The zero-order valence-corrected chi connectivity index (χ0v) is 11.9. The molecule has 0 aliphatic heterocycles. The van der Waals surface area contributed by atoms with Crippen molar-refractivity contribution in [3.63, 3.8) is 0 Å². The van der Waals surface area contributed by atoms with Gasteiger partial charge in [-0.25, -0.2) is 4.39 Å². The third kappa shape index (κ3) is 4.01. The van der Waals surface area contributed by atoms with Crippen LogP contribution in [0.25, 0.3) is 0 Å². The number of halogens is 1. The van der Waals surface area contributed by atoms with E-state index in [2.05, 4.69) is 0 Å². The lowest BCUT2D eigenvalue weighted by Crippen LogP contribution is -2.31. The minimum absolute atomic E-state index is 0.264. The van der Waals surface area contributed by atoms with Crippen LogP contribution in [-0.4, -0.2) is 42.4 Å². The molecule has 20 heavy (non-hydrogen) atoms. The number of rotatable bonds is 7. The molecule has 0 aromatic heterocycles. The summed E-state index contributed by atoms with van der Waals surface area (Å²) < 4.78 is 13.3. The Morgan fingerprint density at radius 2 is 2.10 bits per heavy atom. The number of hydrogen-bond donors (Lipinski definition) is 2. The SMILES string of the molecule is CN(C)CCC[C@](O)(CF)c1ccc(C#N)cc1CO. The van der Waals surface area contributed by atoms with Crippen molar-refractivity contribution in [2.24, 2.45) is 0 Å². The Bertz CT molecular complexity index is 485. The van der Waals surface area contributed by atoms with Crippen LogP contribution in [0.2, 0.25) is 0 Å². The lowest BCUT2D eigenvalue weighted by Gasteiger charge is -2.28. The average Bonchev–Trinajstić information content (AvgIpc) is 2.45. The molecule has 4 nitrogen and oxygen atoms in total. The summed E-state index contributed by atoms with van der Waals surface area (Å²) in [6.07, 6.45) is 0.902. The zero-order chi connectivity index (χ0) is 15.2. The first-order valence-electron chi connectivity index (χ1n) is 6.54. The second kappa shape index (κ2) is 7.34. The van der Waals surface area contributed by atoms with E-state index in [0.717, 1.165) is 6.54 Å². The molecule has 0 radical (unpaired) electrons. The number of hydrogen-bond acceptors (Lipinski definition) is 4. The van der Waals surface area contributed by atoms with Crippen molar-refractivity contribution in [1.82, 2.24) is 4.90 Å². The Labute approximate surface area is 119 Å². The Balaban J connectivity index is 3.01. The highest BCUT2D eigenvalue weighted by atomic mass is 19.1. The number of alkyl halides is 1. The molecular weight excluding hydrogens is 259 g/mol. The van der Waals surface area contributed by atoms with E-state index in [1.165, 1.54) is 18.2 Å². The van der Waals surface area contributed by atoms with E-state index in [-0.39, 0.29) is 13.0 Å². The number of nitriles is 1. The van der Waals surface area contributed by atoms with Crippen molar-refractivity contribution in [3.05, 3.63) is 34.9 Å². The van der Waals surface area contributed by atoms with Gasteiger partial charge in [-0.05, 0) is 56.7 Å². The molecule has 110 valence electrons. The Morgan fingerprint density at radius 3 is 2.60 bits per heavy atom. The topological polar surface area (TPSA) is 67.5 Å². The molecule has 0 bridgehead atoms. The van der Waals surface area contributed by atoms with Crippen molar-refractivity contribution in [3.8, 4) is 6.07 Å². The molecule has 2 N–H and O–H groups in total. The summed E-state index contributed by atoms with van der Waals surface area (Å²) in [5.41, 5.74) is -0.469. The summed E-state index contributed by atoms with van der Waals surface area (Å²) in [5.74, 6) is 0. The van der Waals surface area contributed by atoms with Crippen molar-refractivity contribution in [2.45, 2.75) is 25.0 Å². The summed E-state index contributed by atoms with van der Waals surface area (Å²) in [4.78, 5) is 1.96. The second-order valence-corrected chi connectivity index (χ2v) is 5.21. The number of aliphatic hydroxyl groups is 2. The molecule has 1 aromatic carbocycles. The second-order valence-electron chi connectivity index (χ2n) is 5.21. The van der Waals surface area contributed by atoms with Gasteiger partial charge in [-0.3, -0.25) is 0 Å². The molecule has 0 unspecified atom stereocenters. The van der Waals surface area contributed by atoms with Gasteiger partial charge in [0.1, 0.15) is 12.3 Å². The first-order valence-corrected chi connectivity index (χ1v) is 6.54. The van der Waals surface area contributed by atoms with E-state index in [9.17, 15) is 14.6 Å². The third-order valence-corrected chi connectivity index (χ3v) is 3.32. The van der Waals surface area contributed by atoms with Crippen molar-refractivity contribution in [2.75, 3.05) is 27.3 Å². The lowest BCUT2D eigenvalue weighted by atomic mass is 9.86. The van der Waals surface area contributed by atoms with E-state index in [4.69, 9.17) is 5.26 Å². The van der Waals surface area contributed by atoms with Crippen LogP contribution in [-0.2, 0) is 12.2 Å². The van der Waals surface area contributed by atoms with E-state index >= 15 is 0 Å². The molecular formula is C15H21FN2O2. The minimum Gasteiger partial charge on any atom is -0.392 e. The first kappa shape index (κ1) is 16.6. The number of nitrogens with zero attached hydrogens (tertiary/aromatic N) is 2. The maximum Gasteiger partial charge on any atom is 0.122 e. The molecule has 0 aliphatic carbocycles. The van der Waals surface area contributed by atoms with Crippen LogP contribution in [0.3, 0.4) is 0 Å². The molecule has 1 aromatic rings. The van der Waals surface area contributed by atoms with Crippen LogP contribution >= 0.6 is 0 Å². The maximum atomic E-state index is 13.3. The summed E-state index contributed by atoms with van der Waals surface area (Å²) in [5, 5.41) is 28.7. The van der Waals surface area contributed by atoms with Crippen molar-refractivity contribution < 1.29 is 14.6 Å². The molecule has 0 saturated carbocycles. The van der Waals surface area contributed by atoms with Gasteiger partial charge in [0.2, 0.25) is 0 Å². The largest absolute Gasteiger partial charge is 0.392 e. The predicted molar refractivity (Wildman–Crippen MR) is 74.7 cm³/mol. The summed E-state index contributed by atoms with van der Waals surface area (Å²) >= 11 is 0. The highest BCUT2D eigenvalue weighted by Gasteiger charge is 2.31. The van der Waals surface area contributed by atoms with Crippen LogP contribution in [0.1, 0.15) is 29.5 Å². The van der Waals surface area contributed by atoms with Crippen LogP contribution in [0, 0.1) is 11.3 Å². The van der Waals surface area contributed by atoms with E-state index in [0.29, 0.717) is 23.1 Å². The van der Waals surface area contributed by atoms with Crippen molar-refractivity contribution in [1.29, 1.82) is 5.26 Å². The molecule has 0 saturated heterocycles. The first-order chi connectivity index (χ1) is 9.46. The summed E-state index contributed by atoms with van der Waals surface area (Å²) in [6.45, 7) is -0.507. The van der Waals surface area contributed by atoms with Gasteiger partial charge in [-0.15, -0.1) is 0 Å². The molecule has 1 rings (SSSR count). The fourth-order valence-corrected chi connectivity index (χ4v) is 2.21. The smallest absolute Gasteiger partial charge is 0.122 e. The van der Waals surface area contributed by atoms with E-state index in [1.54, 1.807) is 0 Å². The average molecular weight is 280 g/mol. The highest BCUT2D eigenvalue weighted by molar-refractivity contribution is 5.40. The molecule has 0 spiro atoms. The fraction of sp³-hybridized carbons (Fsp3) is 0.533. The van der Waals surface area contributed by atoms with Crippen LogP contribution in [0.4, 0.5) is 4.39 Å². The normalized spacial score (nSPS) is 14.1. The van der Waals surface area contributed by atoms with Crippen molar-refractivity contribution >= 4 is 0 Å². The van der Waals surface area contributed by atoms with Crippen LogP contribution < -0.4 is 0 Å². The number of benzene rings is 1. The molecule has 5 heteroatoms. The summed E-state index contributed by atoms with van der Waals surface area (Å²) in [7, 11) is 3.82. The zero-order valence-electron chi connectivity index (χ0n) is 11.9. The monoisotopic (exact) mass is 280 g/mol. The standard InChI is InChI=1S/C15H21FN2O2/c1-18(2)7-3-6-15(20,11-16)14-5-4-12(9-17)8-13(14)10-19/h4-5,8,19-20H,3,6-7,10-11H2,1-2H3/t15-/m0/s1. The Kier molecular flexibility index (Phi) is 6.08. The predicted octanol–water partition coefficient (Wildman–Crippen LogP) is 1.55. The molecule has 0 aliphatic rings. The van der Waals surface area contributed by atoms with Gasteiger partial charge in [-0.1, -0.05) is 6.07 Å². The van der Waals surface area contributed by atoms with Gasteiger partial charge < -0.3 is 15.1 Å². The molecule has 0 amide bonds. The van der Waals surface area contributed by atoms with Gasteiger partial charge in [-0.2, -0.15) is 5.26 Å². The fourth-order valence-electron chi connectivity index (χ4n) is 2.21. The third-order valence-electron chi connectivity index (χ3n) is 3.32. The molecule has 0 fully saturated rings. The van der Waals surface area contributed by atoms with Gasteiger partial charge in [0.25, 0.3) is 0 Å². The summed E-state index contributed by atoms with van der Waals surface area (Å²) in [6, 6.07) is 6.51. The van der Waals surface area contributed by atoms with Crippen LogP contribution in [0.15, 0.2) is 18.2 Å². The highest BCUT2D eigenvalue weighted by Crippen LogP contribution is 2.30. The Morgan fingerprint density at radius 1 is 1.40 bits per heavy atom. The lowest BCUT2D eigenvalue weighted by molar-refractivity contribution is -0.00191. The van der Waals surface area contributed by atoms with Gasteiger partial charge in [0, 0.05) is 0 Å². The minimum atomic E-state index is -1.61. The number of aliphatic hydroxyl groups excluding tert-OH is 1. The van der Waals surface area contributed by atoms with Gasteiger partial charge in [0.05, 0.1) is 18.2 Å². The Hall–Kier alpha value is -1.48. The molecule has 1 atom stereocenters. The quantitative estimate of drug-likeness (QED) is 0.795. The van der Waals surface area contributed by atoms with E-state index < -0.39 is 12.3 Å². The van der Waals surface area contributed by atoms with Crippen LogP contribution in [0.5, 0.6) is 0 Å². The van der Waals surface area contributed by atoms with Gasteiger partial charge in [0.15, 0.2) is 0 Å². The van der Waals surface area contributed by atoms with Gasteiger partial charge >= 0.3 is 0 Å².